The Morgan fingerprint density at radius 2 is 2.00 bits per heavy atom. The van der Waals surface area contributed by atoms with Gasteiger partial charge in [-0.1, -0.05) is 18.1 Å². The highest BCUT2D eigenvalue weighted by Crippen LogP contribution is 2.31. The third-order valence-electron chi connectivity index (χ3n) is 6.14. The van der Waals surface area contributed by atoms with E-state index in [1.54, 1.807) is 41.6 Å². The fourth-order valence-electron chi connectivity index (χ4n) is 4.26. The molecule has 4 aromatic rings. The van der Waals surface area contributed by atoms with Crippen LogP contribution in [0.5, 0.6) is 0 Å². The molecule has 0 bridgehead atoms. The number of pyridine rings is 1. The summed E-state index contributed by atoms with van der Waals surface area (Å²) in [5, 5.41) is 35.8. The van der Waals surface area contributed by atoms with E-state index >= 15 is 0 Å². The summed E-state index contributed by atoms with van der Waals surface area (Å²) in [7, 11) is 0. The first-order valence-electron chi connectivity index (χ1n) is 11.5. The molecule has 0 amide bonds. The molecule has 0 aliphatic heterocycles. The number of aliphatic hydroxyl groups is 1. The lowest BCUT2D eigenvalue weighted by Gasteiger charge is -2.17. The van der Waals surface area contributed by atoms with Gasteiger partial charge in [0.25, 0.3) is 0 Å². The fraction of sp³-hybridized carbons (Fsp3) is 0.417. The van der Waals surface area contributed by atoms with E-state index in [0.29, 0.717) is 30.1 Å². The Morgan fingerprint density at radius 1 is 1.18 bits per heavy atom. The van der Waals surface area contributed by atoms with E-state index in [4.69, 9.17) is 10.2 Å². The van der Waals surface area contributed by atoms with Gasteiger partial charge in [0.05, 0.1) is 58.6 Å². The van der Waals surface area contributed by atoms with Gasteiger partial charge in [-0.3, -0.25) is 4.98 Å². The fourth-order valence-corrected chi connectivity index (χ4v) is 4.26. The van der Waals surface area contributed by atoms with Crippen molar-refractivity contribution in [2.45, 2.75) is 64.0 Å². The molecule has 5 rings (SSSR count). The summed E-state index contributed by atoms with van der Waals surface area (Å²) in [6.45, 7) is 3.58. The Kier molecular flexibility index (Phi) is 5.71. The first kappa shape index (κ1) is 22.0. The smallest absolute Gasteiger partial charge is 0.164 e. The average molecular weight is 458 g/mol. The van der Waals surface area contributed by atoms with Crippen LogP contribution in [-0.4, -0.2) is 51.3 Å². The largest absolute Gasteiger partial charge is 0.390 e. The lowest BCUT2D eigenvalue weighted by atomic mass is 10.0. The SMILES string of the molecule is CC(C)(O)CCc1cn(-c2cnc(-c3cnn4cc(C#N)cnc34)cc2NC2CCCC2)nn1. The van der Waals surface area contributed by atoms with Crippen LogP contribution in [-0.2, 0) is 6.42 Å². The molecule has 4 aromatic heterocycles. The van der Waals surface area contributed by atoms with Crippen molar-refractivity contribution in [2.24, 2.45) is 0 Å². The highest BCUT2D eigenvalue weighted by molar-refractivity contribution is 5.78. The summed E-state index contributed by atoms with van der Waals surface area (Å²) in [6.07, 6.45) is 14.5. The number of nitrogens with one attached hydrogen (secondary N) is 1. The van der Waals surface area contributed by atoms with Crippen LogP contribution >= 0.6 is 0 Å². The minimum atomic E-state index is -0.751. The van der Waals surface area contributed by atoms with Crippen molar-refractivity contribution in [2.75, 3.05) is 5.32 Å². The van der Waals surface area contributed by atoms with E-state index in [1.165, 1.54) is 19.0 Å². The summed E-state index contributed by atoms with van der Waals surface area (Å²) >= 11 is 0. The Hall–Kier alpha value is -3.84. The summed E-state index contributed by atoms with van der Waals surface area (Å²) in [6, 6.07) is 4.48. The van der Waals surface area contributed by atoms with Crippen molar-refractivity contribution >= 4 is 11.3 Å². The quantitative estimate of drug-likeness (QED) is 0.432. The van der Waals surface area contributed by atoms with Gasteiger partial charge in [0.2, 0.25) is 0 Å². The molecule has 1 aliphatic carbocycles. The Bertz CT molecular complexity index is 1350. The molecule has 34 heavy (non-hydrogen) atoms. The van der Waals surface area contributed by atoms with E-state index in [1.807, 2.05) is 12.3 Å². The van der Waals surface area contributed by atoms with Gasteiger partial charge in [0.15, 0.2) is 5.65 Å². The second-order valence-corrected chi connectivity index (χ2v) is 9.46. The number of hydrogen-bond donors (Lipinski definition) is 2. The van der Waals surface area contributed by atoms with Crippen molar-refractivity contribution in [3.63, 3.8) is 0 Å². The molecule has 0 aromatic carbocycles. The highest BCUT2D eigenvalue weighted by Gasteiger charge is 2.20. The molecule has 0 spiro atoms. The number of aromatic nitrogens is 7. The van der Waals surface area contributed by atoms with Gasteiger partial charge in [-0.15, -0.1) is 5.10 Å². The van der Waals surface area contributed by atoms with Crippen LogP contribution < -0.4 is 5.32 Å². The molecular formula is C24H27N9O. The topological polar surface area (TPSA) is 130 Å². The number of aryl methyl sites for hydroxylation is 1. The van der Waals surface area contributed by atoms with E-state index in [9.17, 15) is 5.11 Å². The molecule has 1 saturated carbocycles. The van der Waals surface area contributed by atoms with Crippen LogP contribution in [0.2, 0.25) is 0 Å². The van der Waals surface area contributed by atoms with Gasteiger partial charge < -0.3 is 10.4 Å². The Labute approximate surface area is 197 Å². The second kappa shape index (κ2) is 8.83. The van der Waals surface area contributed by atoms with Crippen LogP contribution in [0.15, 0.2) is 37.1 Å². The lowest BCUT2D eigenvalue weighted by Crippen LogP contribution is -2.19. The van der Waals surface area contributed by atoms with Crippen molar-refractivity contribution in [1.29, 1.82) is 5.26 Å². The molecule has 0 unspecified atom stereocenters. The normalized spacial score (nSPS) is 14.5. The maximum Gasteiger partial charge on any atom is 0.164 e. The second-order valence-electron chi connectivity index (χ2n) is 9.46. The molecule has 1 aliphatic rings. The van der Waals surface area contributed by atoms with Crippen LogP contribution in [0.3, 0.4) is 0 Å². The third kappa shape index (κ3) is 4.61. The van der Waals surface area contributed by atoms with Crippen molar-refractivity contribution < 1.29 is 5.11 Å². The van der Waals surface area contributed by atoms with Crippen molar-refractivity contribution in [1.82, 2.24) is 34.6 Å². The lowest BCUT2D eigenvalue weighted by molar-refractivity contribution is 0.0711. The first-order valence-corrected chi connectivity index (χ1v) is 11.5. The summed E-state index contributed by atoms with van der Waals surface area (Å²) in [4.78, 5) is 9.11. The summed E-state index contributed by atoms with van der Waals surface area (Å²) in [5.74, 6) is 0. The molecule has 10 nitrogen and oxygen atoms in total. The maximum atomic E-state index is 10.0. The molecule has 174 valence electrons. The number of fused-ring (bicyclic) bond motifs is 1. The molecule has 0 radical (unpaired) electrons. The van der Waals surface area contributed by atoms with Crippen LogP contribution in [0.1, 0.15) is 57.2 Å². The molecule has 4 heterocycles. The van der Waals surface area contributed by atoms with E-state index in [0.717, 1.165) is 41.2 Å². The van der Waals surface area contributed by atoms with E-state index < -0.39 is 5.60 Å². The first-order chi connectivity index (χ1) is 16.4. The zero-order chi connectivity index (χ0) is 23.7. The molecule has 1 fully saturated rings. The summed E-state index contributed by atoms with van der Waals surface area (Å²) in [5.41, 5.74) is 4.41. The van der Waals surface area contributed by atoms with Crippen LogP contribution in [0, 0.1) is 11.3 Å². The predicted molar refractivity (Wildman–Crippen MR) is 126 cm³/mol. The molecular weight excluding hydrogens is 430 g/mol. The summed E-state index contributed by atoms with van der Waals surface area (Å²) < 4.78 is 3.33. The minimum absolute atomic E-state index is 0.396. The standard InChI is InChI=1S/C24H27N9O/c1-24(2,34)8-7-18-15-32(31-30-18)22-13-26-20(9-21(22)29-17-5-3-4-6-17)19-12-28-33-14-16(10-25)11-27-23(19)33/h9,11-15,17,34H,3-8H2,1-2H3,(H,26,29). The molecule has 0 saturated heterocycles. The average Bonchev–Trinajstić information content (AvgIpc) is 3.58. The molecule has 0 atom stereocenters. The number of anilines is 1. The van der Waals surface area contributed by atoms with Gasteiger partial charge in [0, 0.05) is 12.2 Å². The zero-order valence-corrected chi connectivity index (χ0v) is 19.3. The van der Waals surface area contributed by atoms with Crippen molar-refractivity contribution in [3.05, 3.63) is 48.3 Å². The monoisotopic (exact) mass is 457 g/mol. The molecule has 2 N–H and O–H groups in total. The van der Waals surface area contributed by atoms with E-state index in [-0.39, 0.29) is 0 Å². The Morgan fingerprint density at radius 3 is 2.76 bits per heavy atom. The van der Waals surface area contributed by atoms with Gasteiger partial charge in [0.1, 0.15) is 11.8 Å². The van der Waals surface area contributed by atoms with Gasteiger partial charge in [-0.05, 0) is 45.6 Å². The minimum Gasteiger partial charge on any atom is -0.390 e. The van der Waals surface area contributed by atoms with Crippen LogP contribution in [0.25, 0.3) is 22.6 Å². The number of nitriles is 1. The van der Waals surface area contributed by atoms with Crippen molar-refractivity contribution in [3.8, 4) is 23.0 Å². The van der Waals surface area contributed by atoms with Gasteiger partial charge in [-0.2, -0.15) is 10.4 Å². The third-order valence-corrected chi connectivity index (χ3v) is 6.14. The Balaban J connectivity index is 1.51. The molecule has 10 heteroatoms. The number of nitrogens with zero attached hydrogens (tertiary/aromatic N) is 8. The van der Waals surface area contributed by atoms with Crippen LogP contribution in [0.4, 0.5) is 5.69 Å². The maximum absolute atomic E-state index is 10.0. The highest BCUT2D eigenvalue weighted by atomic mass is 16.3. The van der Waals surface area contributed by atoms with Gasteiger partial charge >= 0.3 is 0 Å². The van der Waals surface area contributed by atoms with E-state index in [2.05, 4.69) is 31.8 Å². The zero-order valence-electron chi connectivity index (χ0n) is 19.3. The number of hydrogen-bond acceptors (Lipinski definition) is 8. The van der Waals surface area contributed by atoms with Gasteiger partial charge in [-0.25, -0.2) is 14.2 Å². The predicted octanol–water partition coefficient (Wildman–Crippen LogP) is 3.30. The number of rotatable bonds is 7.